The van der Waals surface area contributed by atoms with Gasteiger partial charge in [0.2, 0.25) is 5.88 Å². The van der Waals surface area contributed by atoms with Crippen LogP contribution >= 0.6 is 11.3 Å². The molecule has 0 atom stereocenters. The molecular formula is C24H18N4O4S. The Morgan fingerprint density at radius 1 is 1.06 bits per heavy atom. The number of hydrogen-bond acceptors (Lipinski definition) is 7. The van der Waals surface area contributed by atoms with Crippen molar-refractivity contribution in [3.8, 4) is 17.7 Å². The highest BCUT2D eigenvalue weighted by Crippen LogP contribution is 2.30. The summed E-state index contributed by atoms with van der Waals surface area (Å²) in [6.45, 7) is 3.64. The number of furan rings is 1. The molecule has 0 saturated heterocycles. The van der Waals surface area contributed by atoms with E-state index in [1.807, 2.05) is 13.0 Å². The van der Waals surface area contributed by atoms with Gasteiger partial charge >= 0.3 is 0 Å². The fourth-order valence-corrected chi connectivity index (χ4v) is 4.00. The average molecular weight is 458 g/mol. The number of nitriles is 1. The highest BCUT2D eigenvalue weighted by atomic mass is 32.1. The molecule has 9 heteroatoms. The van der Waals surface area contributed by atoms with Crippen molar-refractivity contribution in [2.75, 3.05) is 10.6 Å². The monoisotopic (exact) mass is 458 g/mol. The van der Waals surface area contributed by atoms with Crippen molar-refractivity contribution in [2.45, 2.75) is 13.8 Å². The zero-order chi connectivity index (χ0) is 23.4. The SMILES string of the molecule is Cc1cc(Oc2ncccc2C#N)ccc1NC(=O)c1sc(NC(=O)c2ccco2)cc1C. The Kier molecular flexibility index (Phi) is 6.20. The Hall–Kier alpha value is -4.42. The molecule has 8 nitrogen and oxygen atoms in total. The van der Waals surface area contributed by atoms with Gasteiger partial charge in [0, 0.05) is 11.9 Å². The van der Waals surface area contributed by atoms with E-state index in [9.17, 15) is 14.9 Å². The average Bonchev–Trinajstić information content (AvgIpc) is 3.46. The molecule has 164 valence electrons. The molecule has 1 aromatic carbocycles. The molecule has 2 N–H and O–H groups in total. The van der Waals surface area contributed by atoms with Crippen LogP contribution in [0.1, 0.15) is 36.9 Å². The highest BCUT2D eigenvalue weighted by molar-refractivity contribution is 7.18. The van der Waals surface area contributed by atoms with Crippen molar-refractivity contribution >= 4 is 33.8 Å². The number of anilines is 2. The van der Waals surface area contributed by atoms with Crippen molar-refractivity contribution in [3.05, 3.63) is 88.3 Å². The van der Waals surface area contributed by atoms with Gasteiger partial charge in [-0.1, -0.05) is 0 Å². The summed E-state index contributed by atoms with van der Waals surface area (Å²) in [5.41, 5.74) is 2.46. The van der Waals surface area contributed by atoms with Gasteiger partial charge in [-0.15, -0.1) is 11.3 Å². The Labute approximate surface area is 193 Å². The molecule has 0 spiro atoms. The minimum Gasteiger partial charge on any atom is -0.459 e. The van der Waals surface area contributed by atoms with Crippen LogP contribution in [0.2, 0.25) is 0 Å². The van der Waals surface area contributed by atoms with E-state index in [2.05, 4.69) is 15.6 Å². The van der Waals surface area contributed by atoms with Crippen LogP contribution in [0.25, 0.3) is 0 Å². The van der Waals surface area contributed by atoms with Crippen LogP contribution < -0.4 is 15.4 Å². The van der Waals surface area contributed by atoms with Gasteiger partial charge < -0.3 is 19.8 Å². The number of carbonyl (C=O) groups excluding carboxylic acids is 2. The number of nitrogens with zero attached hydrogens (tertiary/aromatic N) is 2. The zero-order valence-corrected chi connectivity index (χ0v) is 18.5. The maximum Gasteiger partial charge on any atom is 0.291 e. The Morgan fingerprint density at radius 2 is 1.91 bits per heavy atom. The summed E-state index contributed by atoms with van der Waals surface area (Å²) in [5, 5.41) is 15.4. The van der Waals surface area contributed by atoms with Crippen molar-refractivity contribution < 1.29 is 18.7 Å². The van der Waals surface area contributed by atoms with Gasteiger partial charge in [0.15, 0.2) is 5.76 Å². The molecular weight excluding hydrogens is 440 g/mol. The van der Waals surface area contributed by atoms with Crippen molar-refractivity contribution in [1.82, 2.24) is 4.98 Å². The van der Waals surface area contributed by atoms with Crippen molar-refractivity contribution in [1.29, 1.82) is 5.26 Å². The lowest BCUT2D eigenvalue weighted by molar-refractivity contribution is 0.0995. The van der Waals surface area contributed by atoms with Crippen LogP contribution in [0, 0.1) is 25.2 Å². The molecule has 0 radical (unpaired) electrons. The number of carbonyl (C=O) groups is 2. The molecule has 0 fully saturated rings. The maximum absolute atomic E-state index is 12.9. The third kappa shape index (κ3) is 4.92. The fraction of sp³-hybridized carbons (Fsp3) is 0.0833. The first kappa shape index (κ1) is 21.8. The summed E-state index contributed by atoms with van der Waals surface area (Å²) in [5.74, 6) is 0.236. The number of hydrogen-bond donors (Lipinski definition) is 2. The Bertz CT molecular complexity index is 1370. The molecule has 4 rings (SSSR count). The highest BCUT2D eigenvalue weighted by Gasteiger charge is 2.17. The minimum atomic E-state index is -0.382. The molecule has 0 bridgehead atoms. The summed E-state index contributed by atoms with van der Waals surface area (Å²) in [6, 6.07) is 15.4. The lowest BCUT2D eigenvalue weighted by Crippen LogP contribution is -2.12. The molecule has 3 aromatic heterocycles. The van der Waals surface area contributed by atoms with Crippen LogP contribution in [-0.4, -0.2) is 16.8 Å². The fourth-order valence-electron chi connectivity index (χ4n) is 3.04. The summed E-state index contributed by atoms with van der Waals surface area (Å²) in [7, 11) is 0. The third-order valence-corrected chi connectivity index (χ3v) is 5.81. The molecule has 0 aliphatic heterocycles. The standard InChI is InChI=1S/C24H18N4O4S/c1-14-11-17(32-24-16(13-25)5-3-9-26-24)7-8-18(14)27-23(30)21-15(2)12-20(33-21)28-22(29)19-6-4-10-31-19/h3-12H,1-2H3,(H,27,30)(H,28,29). The zero-order valence-electron chi connectivity index (χ0n) is 17.7. The van der Waals surface area contributed by atoms with Gasteiger partial charge in [-0.25, -0.2) is 4.98 Å². The van der Waals surface area contributed by atoms with E-state index in [-0.39, 0.29) is 23.5 Å². The molecule has 0 saturated carbocycles. The number of aromatic nitrogens is 1. The van der Waals surface area contributed by atoms with E-state index in [0.717, 1.165) is 11.1 Å². The van der Waals surface area contributed by atoms with E-state index in [1.165, 1.54) is 17.6 Å². The largest absolute Gasteiger partial charge is 0.459 e. The Morgan fingerprint density at radius 3 is 2.64 bits per heavy atom. The van der Waals surface area contributed by atoms with Crippen LogP contribution in [0.3, 0.4) is 0 Å². The predicted molar refractivity (Wildman–Crippen MR) is 124 cm³/mol. The Balaban J connectivity index is 1.46. The topological polar surface area (TPSA) is 117 Å². The van der Waals surface area contributed by atoms with Crippen LogP contribution in [0.4, 0.5) is 10.7 Å². The molecule has 4 aromatic rings. The van der Waals surface area contributed by atoms with E-state index in [4.69, 9.17) is 9.15 Å². The number of amides is 2. The van der Waals surface area contributed by atoms with Gasteiger partial charge in [-0.3, -0.25) is 9.59 Å². The summed E-state index contributed by atoms with van der Waals surface area (Å²) < 4.78 is 10.8. The minimum absolute atomic E-state index is 0.192. The molecule has 0 aliphatic rings. The lowest BCUT2D eigenvalue weighted by Gasteiger charge is -2.11. The number of aryl methyl sites for hydroxylation is 2. The van der Waals surface area contributed by atoms with Crippen LogP contribution in [-0.2, 0) is 0 Å². The van der Waals surface area contributed by atoms with Gasteiger partial charge in [0.25, 0.3) is 11.8 Å². The summed E-state index contributed by atoms with van der Waals surface area (Å²) in [4.78, 5) is 29.6. The normalized spacial score (nSPS) is 10.3. The third-order valence-electron chi connectivity index (χ3n) is 4.66. The van der Waals surface area contributed by atoms with E-state index in [0.29, 0.717) is 26.9 Å². The molecule has 0 unspecified atom stereocenters. The number of nitrogens with one attached hydrogen (secondary N) is 2. The second kappa shape index (κ2) is 9.38. The van der Waals surface area contributed by atoms with Crippen LogP contribution in [0.5, 0.6) is 11.6 Å². The second-order valence-corrected chi connectivity index (χ2v) is 8.11. The second-order valence-electron chi connectivity index (χ2n) is 7.06. The summed E-state index contributed by atoms with van der Waals surface area (Å²) in [6.07, 6.45) is 2.97. The van der Waals surface area contributed by atoms with E-state index < -0.39 is 0 Å². The number of ether oxygens (including phenoxy) is 1. The maximum atomic E-state index is 12.9. The first-order chi connectivity index (χ1) is 15.9. The molecule has 0 aliphatic carbocycles. The van der Waals surface area contributed by atoms with E-state index >= 15 is 0 Å². The number of thiophene rings is 1. The number of rotatable bonds is 6. The smallest absolute Gasteiger partial charge is 0.291 e. The quantitative estimate of drug-likeness (QED) is 0.393. The summed E-state index contributed by atoms with van der Waals surface area (Å²) >= 11 is 1.18. The van der Waals surface area contributed by atoms with Crippen molar-refractivity contribution in [2.24, 2.45) is 0 Å². The number of pyridine rings is 1. The van der Waals surface area contributed by atoms with E-state index in [1.54, 1.807) is 61.7 Å². The molecule has 2 amide bonds. The van der Waals surface area contributed by atoms with Gasteiger partial charge in [0.05, 0.1) is 16.1 Å². The predicted octanol–water partition coefficient (Wildman–Crippen LogP) is 5.52. The van der Waals surface area contributed by atoms with Gasteiger partial charge in [-0.2, -0.15) is 5.26 Å². The van der Waals surface area contributed by atoms with Crippen molar-refractivity contribution in [3.63, 3.8) is 0 Å². The van der Waals surface area contributed by atoms with Crippen LogP contribution in [0.15, 0.2) is 65.4 Å². The molecule has 3 heterocycles. The first-order valence-electron chi connectivity index (χ1n) is 9.85. The first-order valence-corrected chi connectivity index (χ1v) is 10.7. The lowest BCUT2D eigenvalue weighted by atomic mass is 10.2. The number of benzene rings is 1. The van der Waals surface area contributed by atoms with Gasteiger partial charge in [0.1, 0.15) is 17.4 Å². The van der Waals surface area contributed by atoms with Gasteiger partial charge in [-0.05, 0) is 73.5 Å². The molecule has 33 heavy (non-hydrogen) atoms.